The van der Waals surface area contributed by atoms with Gasteiger partial charge in [0.2, 0.25) is 0 Å². The van der Waals surface area contributed by atoms with E-state index in [9.17, 15) is 9.90 Å². The van der Waals surface area contributed by atoms with Crippen molar-refractivity contribution in [2.75, 3.05) is 11.9 Å². The fraction of sp³-hybridized carbons (Fsp3) is 0.571. The van der Waals surface area contributed by atoms with Crippen molar-refractivity contribution in [3.63, 3.8) is 0 Å². The van der Waals surface area contributed by atoms with Gasteiger partial charge in [0.05, 0.1) is 18.0 Å². The first kappa shape index (κ1) is 16.7. The molecule has 0 amide bonds. The number of aliphatic hydroxyl groups excluding tert-OH is 1. The van der Waals surface area contributed by atoms with Crippen molar-refractivity contribution >= 4 is 21.6 Å². The van der Waals surface area contributed by atoms with Gasteiger partial charge in [0.1, 0.15) is 11.0 Å². The molecule has 0 aliphatic heterocycles. The number of rotatable bonds is 7. The smallest absolute Gasteiger partial charge is 0.284 e. The zero-order valence-corrected chi connectivity index (χ0v) is 13.4. The molecule has 110 valence electrons. The Hall–Kier alpha value is -1.32. The average Bonchev–Trinajstić information content (AvgIpc) is 2.44. The highest BCUT2D eigenvalue weighted by molar-refractivity contribution is 9.10. The summed E-state index contributed by atoms with van der Waals surface area (Å²) in [6.07, 6.45) is 8.08. The van der Waals surface area contributed by atoms with Gasteiger partial charge >= 0.3 is 0 Å². The Morgan fingerprint density at radius 2 is 2.20 bits per heavy atom. The van der Waals surface area contributed by atoms with E-state index in [1.54, 1.807) is 0 Å². The van der Waals surface area contributed by atoms with Gasteiger partial charge in [0, 0.05) is 6.54 Å². The summed E-state index contributed by atoms with van der Waals surface area (Å²) in [4.78, 5) is 11.9. The van der Waals surface area contributed by atoms with Gasteiger partial charge in [0.15, 0.2) is 0 Å². The lowest BCUT2D eigenvalue weighted by atomic mass is 9.96. The molecule has 1 unspecified atom stereocenters. The molecule has 0 saturated heterocycles. The number of anilines is 1. The van der Waals surface area contributed by atoms with Gasteiger partial charge in [0.25, 0.3) is 5.56 Å². The summed E-state index contributed by atoms with van der Waals surface area (Å²) < 4.78 is 1.58. The van der Waals surface area contributed by atoms with E-state index in [2.05, 4.69) is 46.1 Å². The van der Waals surface area contributed by atoms with Gasteiger partial charge in [-0.1, -0.05) is 32.6 Å². The lowest BCUT2D eigenvalue weighted by Gasteiger charge is -2.21. The predicted molar refractivity (Wildman–Crippen MR) is 83.6 cm³/mol. The lowest BCUT2D eigenvalue weighted by molar-refractivity contribution is 0.114. The van der Waals surface area contributed by atoms with E-state index < -0.39 is 6.10 Å². The van der Waals surface area contributed by atoms with Crippen LogP contribution in [0.5, 0.6) is 0 Å². The molecule has 20 heavy (non-hydrogen) atoms. The minimum Gasteiger partial charge on any atom is -0.391 e. The van der Waals surface area contributed by atoms with E-state index >= 15 is 0 Å². The van der Waals surface area contributed by atoms with Gasteiger partial charge in [-0.3, -0.25) is 4.79 Å². The van der Waals surface area contributed by atoms with Crippen LogP contribution in [0.3, 0.4) is 0 Å². The summed E-state index contributed by atoms with van der Waals surface area (Å²) in [6.45, 7) is 4.62. The Bertz CT molecular complexity index is 532. The molecule has 1 atom stereocenters. The first-order chi connectivity index (χ1) is 9.54. The number of terminal acetylenes is 1. The molecule has 0 aliphatic carbocycles. The molecular formula is C14H20BrN3O2. The quantitative estimate of drug-likeness (QED) is 0.742. The van der Waals surface area contributed by atoms with Crippen molar-refractivity contribution in [2.45, 2.75) is 39.3 Å². The number of aromatic nitrogens is 2. The van der Waals surface area contributed by atoms with E-state index in [0.717, 1.165) is 12.8 Å². The molecule has 1 heterocycles. The number of hydrogen-bond donors (Lipinski definition) is 2. The van der Waals surface area contributed by atoms with Crippen LogP contribution in [-0.2, 0) is 6.54 Å². The molecule has 0 radical (unpaired) electrons. The third-order valence-corrected chi connectivity index (χ3v) is 4.09. The van der Waals surface area contributed by atoms with E-state index in [1.807, 2.05) is 0 Å². The summed E-state index contributed by atoms with van der Waals surface area (Å²) in [7, 11) is 0. The summed E-state index contributed by atoms with van der Waals surface area (Å²) in [5.74, 6) is 2.62. The number of nitrogens with one attached hydrogen (secondary N) is 1. The zero-order valence-electron chi connectivity index (χ0n) is 11.8. The van der Waals surface area contributed by atoms with Crippen LogP contribution >= 0.6 is 15.9 Å². The largest absolute Gasteiger partial charge is 0.391 e. The second-order valence-electron chi connectivity index (χ2n) is 4.56. The molecule has 0 bridgehead atoms. The Kier molecular flexibility index (Phi) is 6.76. The number of aliphatic hydroxyl groups is 1. The van der Waals surface area contributed by atoms with Crippen molar-refractivity contribution in [1.29, 1.82) is 0 Å². The highest BCUT2D eigenvalue weighted by Gasteiger charge is 2.16. The minimum atomic E-state index is -0.454. The minimum absolute atomic E-state index is 0.133. The van der Waals surface area contributed by atoms with Gasteiger partial charge in [-0.25, -0.2) is 4.68 Å². The van der Waals surface area contributed by atoms with Crippen molar-refractivity contribution in [2.24, 2.45) is 5.92 Å². The van der Waals surface area contributed by atoms with Crippen molar-refractivity contribution in [1.82, 2.24) is 9.78 Å². The maximum absolute atomic E-state index is 11.9. The van der Waals surface area contributed by atoms with Crippen LogP contribution in [0.15, 0.2) is 15.5 Å². The molecule has 2 N–H and O–H groups in total. The van der Waals surface area contributed by atoms with E-state index in [0.29, 0.717) is 16.7 Å². The van der Waals surface area contributed by atoms with Crippen LogP contribution in [0.1, 0.15) is 26.7 Å². The van der Waals surface area contributed by atoms with Crippen molar-refractivity contribution in [3.8, 4) is 12.3 Å². The highest BCUT2D eigenvalue weighted by Crippen LogP contribution is 2.18. The number of halogens is 1. The van der Waals surface area contributed by atoms with Gasteiger partial charge in [-0.2, -0.15) is 5.10 Å². The molecule has 0 fully saturated rings. The van der Waals surface area contributed by atoms with E-state index in [1.165, 1.54) is 10.9 Å². The Morgan fingerprint density at radius 1 is 1.55 bits per heavy atom. The van der Waals surface area contributed by atoms with Crippen LogP contribution in [0.2, 0.25) is 0 Å². The molecule has 0 saturated carbocycles. The van der Waals surface area contributed by atoms with Crippen LogP contribution in [0.25, 0.3) is 0 Å². The van der Waals surface area contributed by atoms with E-state index in [-0.39, 0.29) is 18.0 Å². The van der Waals surface area contributed by atoms with Crippen LogP contribution < -0.4 is 10.9 Å². The first-order valence-electron chi connectivity index (χ1n) is 6.66. The van der Waals surface area contributed by atoms with Crippen molar-refractivity contribution < 1.29 is 5.11 Å². The normalized spacial score (nSPS) is 12.2. The Morgan fingerprint density at radius 3 is 2.75 bits per heavy atom. The SMILES string of the molecule is C#CCn1ncc(NCC(O)C(CC)CC)c(Br)c1=O. The summed E-state index contributed by atoms with van der Waals surface area (Å²) >= 11 is 3.24. The van der Waals surface area contributed by atoms with Crippen LogP contribution in [0.4, 0.5) is 5.69 Å². The molecular weight excluding hydrogens is 322 g/mol. The maximum atomic E-state index is 11.9. The molecule has 6 heteroatoms. The highest BCUT2D eigenvalue weighted by atomic mass is 79.9. The summed E-state index contributed by atoms with van der Waals surface area (Å²) in [6, 6.07) is 0. The fourth-order valence-corrected chi connectivity index (χ4v) is 2.45. The first-order valence-corrected chi connectivity index (χ1v) is 7.45. The molecule has 1 aromatic heterocycles. The second kappa shape index (κ2) is 8.08. The lowest BCUT2D eigenvalue weighted by Crippen LogP contribution is -2.29. The number of nitrogens with zero attached hydrogens (tertiary/aromatic N) is 2. The third kappa shape index (κ3) is 4.09. The Labute approximate surface area is 127 Å². The number of hydrogen-bond acceptors (Lipinski definition) is 4. The zero-order chi connectivity index (χ0) is 15.1. The Balaban J connectivity index is 2.77. The standard InChI is InChI=1S/C14H20BrN3O2/c1-4-7-18-14(20)13(15)11(8-17-18)16-9-12(19)10(5-2)6-3/h1,8,10,12,16,19H,5-7,9H2,2-3H3. The molecule has 0 aliphatic rings. The van der Waals surface area contributed by atoms with Gasteiger partial charge in [-0.15, -0.1) is 6.42 Å². The maximum Gasteiger partial charge on any atom is 0.284 e. The predicted octanol–water partition coefficient (Wildman–Crippen LogP) is 1.85. The van der Waals surface area contributed by atoms with Crippen LogP contribution in [-0.4, -0.2) is 27.5 Å². The molecule has 1 rings (SSSR count). The molecule has 0 spiro atoms. The van der Waals surface area contributed by atoms with E-state index in [4.69, 9.17) is 6.42 Å². The molecule has 5 nitrogen and oxygen atoms in total. The topological polar surface area (TPSA) is 67.2 Å². The monoisotopic (exact) mass is 341 g/mol. The third-order valence-electron chi connectivity index (χ3n) is 3.32. The molecule has 0 aromatic carbocycles. The van der Waals surface area contributed by atoms with Crippen molar-refractivity contribution in [3.05, 3.63) is 21.0 Å². The van der Waals surface area contributed by atoms with Gasteiger partial charge in [-0.05, 0) is 21.8 Å². The molecule has 1 aromatic rings. The average molecular weight is 342 g/mol. The van der Waals surface area contributed by atoms with Gasteiger partial charge < -0.3 is 10.4 Å². The second-order valence-corrected chi connectivity index (χ2v) is 5.36. The summed E-state index contributed by atoms with van der Waals surface area (Å²) in [5.41, 5.74) is 0.276. The summed E-state index contributed by atoms with van der Waals surface area (Å²) in [5, 5.41) is 17.1. The fourth-order valence-electron chi connectivity index (χ4n) is 2.00. The van der Waals surface area contributed by atoms with Crippen LogP contribution in [0, 0.1) is 18.3 Å².